The average molecular weight is 504 g/mol. The zero-order valence-electron chi connectivity index (χ0n) is 23.4. The first-order valence-electron chi connectivity index (χ1n) is 13.1. The van der Waals surface area contributed by atoms with E-state index in [0.717, 1.165) is 23.3 Å². The van der Waals surface area contributed by atoms with Crippen LogP contribution in [0.25, 0.3) is 0 Å². The first kappa shape index (κ1) is 34.9. The Balaban J connectivity index is 0. The Labute approximate surface area is 219 Å². The third kappa shape index (κ3) is 18.7. The highest BCUT2D eigenvalue weighted by Gasteiger charge is 2.06. The molecule has 4 nitrogen and oxygen atoms in total. The lowest BCUT2D eigenvalue weighted by Gasteiger charge is -2.12. The molecule has 0 spiro atoms. The van der Waals surface area contributed by atoms with E-state index in [4.69, 9.17) is 4.74 Å². The number of ether oxygens (including phenoxy) is 1. The van der Waals surface area contributed by atoms with E-state index in [1.807, 2.05) is 89.4 Å². The number of aryl methyl sites for hydroxylation is 1. The van der Waals surface area contributed by atoms with E-state index >= 15 is 0 Å². The summed E-state index contributed by atoms with van der Waals surface area (Å²) in [6.07, 6.45) is 10.8. The van der Waals surface area contributed by atoms with Crippen LogP contribution in [0.15, 0.2) is 53.4 Å². The molecule has 0 saturated carbocycles. The van der Waals surface area contributed by atoms with E-state index in [-0.39, 0.29) is 12.0 Å². The number of hydrogen-bond donors (Lipinski definition) is 1. The molecule has 2 aromatic carbocycles. The molecule has 5 heteroatoms. The van der Waals surface area contributed by atoms with Gasteiger partial charge in [0.1, 0.15) is 5.75 Å². The van der Waals surface area contributed by atoms with Crippen molar-refractivity contribution >= 4 is 29.6 Å². The number of carbonyl (C=O) groups is 2. The summed E-state index contributed by atoms with van der Waals surface area (Å²) in [6, 6.07) is 15.5. The number of unbranched alkanes of at least 4 members (excludes halogenated alkanes) is 4. The monoisotopic (exact) mass is 503 g/mol. The maximum absolute atomic E-state index is 11.0. The second-order valence-electron chi connectivity index (χ2n) is 7.66. The number of carbonyl (C=O) groups excluding carboxylic acids is 2. The molecule has 0 aliphatic rings. The predicted octanol–water partition coefficient (Wildman–Crippen LogP) is 9.11. The standard InChI is InChI=1S/C11H14O2.C10H13NOS.C7H16.C2H6/c1-3-10(8-12)13-11-7-5-4-6-9(11)2;1-3-10(12)11-8-4-6-9(13-2)7-5-8;1-3-5-7-6-4-2;1-2/h4-8,10H,3H2,1-2H3;4-7H,3H2,1-2H3,(H,11,12);3-7H2,1-2H3;1-2H3. The summed E-state index contributed by atoms with van der Waals surface area (Å²) < 4.78 is 5.48. The minimum atomic E-state index is -0.318. The molecule has 0 radical (unpaired) electrons. The molecule has 0 aromatic heterocycles. The fourth-order valence-electron chi connectivity index (χ4n) is 2.66. The van der Waals surface area contributed by atoms with Crippen molar-refractivity contribution in [3.05, 3.63) is 54.1 Å². The van der Waals surface area contributed by atoms with Gasteiger partial charge in [-0.05, 0) is 55.5 Å². The molecule has 0 heterocycles. The van der Waals surface area contributed by atoms with Gasteiger partial charge >= 0.3 is 0 Å². The maximum atomic E-state index is 11.0. The first-order valence-corrected chi connectivity index (χ1v) is 14.3. The normalized spacial score (nSPS) is 10.2. The van der Waals surface area contributed by atoms with E-state index < -0.39 is 0 Å². The Morgan fingerprint density at radius 1 is 0.943 bits per heavy atom. The molecular formula is C30H49NO3S. The minimum absolute atomic E-state index is 0.0527. The predicted molar refractivity (Wildman–Crippen MR) is 155 cm³/mol. The van der Waals surface area contributed by atoms with Crippen molar-refractivity contribution in [2.24, 2.45) is 0 Å². The van der Waals surface area contributed by atoms with Crippen LogP contribution in [0.4, 0.5) is 5.69 Å². The lowest BCUT2D eigenvalue weighted by atomic mass is 10.2. The van der Waals surface area contributed by atoms with Gasteiger partial charge in [0.15, 0.2) is 12.4 Å². The van der Waals surface area contributed by atoms with Crippen LogP contribution in [0, 0.1) is 6.92 Å². The van der Waals surface area contributed by atoms with Gasteiger partial charge in [0.25, 0.3) is 0 Å². The fraction of sp³-hybridized carbons (Fsp3) is 0.533. The van der Waals surface area contributed by atoms with Gasteiger partial charge in [-0.15, -0.1) is 11.8 Å². The molecule has 0 aliphatic heterocycles. The highest BCUT2D eigenvalue weighted by molar-refractivity contribution is 7.98. The molecule has 2 aromatic rings. The molecule has 0 bridgehead atoms. The molecule has 2 rings (SSSR count). The summed E-state index contributed by atoms with van der Waals surface area (Å²) in [5, 5.41) is 2.79. The van der Waals surface area contributed by atoms with Crippen LogP contribution in [0.1, 0.15) is 92.1 Å². The Morgan fingerprint density at radius 2 is 1.51 bits per heavy atom. The third-order valence-corrected chi connectivity index (χ3v) is 5.57. The van der Waals surface area contributed by atoms with E-state index in [0.29, 0.717) is 12.8 Å². The zero-order chi connectivity index (χ0) is 26.9. The van der Waals surface area contributed by atoms with E-state index in [1.165, 1.54) is 37.0 Å². The number of anilines is 1. The molecule has 1 N–H and O–H groups in total. The summed E-state index contributed by atoms with van der Waals surface area (Å²) in [5.74, 6) is 0.846. The summed E-state index contributed by atoms with van der Waals surface area (Å²) in [6.45, 7) is 14.2. The first-order chi connectivity index (χ1) is 16.9. The Hall–Kier alpha value is -2.27. The van der Waals surface area contributed by atoms with Crippen LogP contribution in [0.5, 0.6) is 5.75 Å². The number of amides is 1. The van der Waals surface area contributed by atoms with E-state index in [1.54, 1.807) is 11.8 Å². The summed E-state index contributed by atoms with van der Waals surface area (Å²) in [4.78, 5) is 22.7. The molecule has 198 valence electrons. The molecule has 35 heavy (non-hydrogen) atoms. The summed E-state index contributed by atoms with van der Waals surface area (Å²) in [5.41, 5.74) is 1.92. The number of hydrogen-bond acceptors (Lipinski definition) is 4. The minimum Gasteiger partial charge on any atom is -0.483 e. The smallest absolute Gasteiger partial charge is 0.224 e. The Kier molecular flexibility index (Phi) is 24.8. The highest BCUT2D eigenvalue weighted by atomic mass is 32.2. The summed E-state index contributed by atoms with van der Waals surface area (Å²) in [7, 11) is 0. The van der Waals surface area contributed by atoms with Gasteiger partial charge in [-0.25, -0.2) is 0 Å². The van der Waals surface area contributed by atoms with E-state index in [2.05, 4.69) is 19.2 Å². The molecule has 0 saturated heterocycles. The van der Waals surface area contributed by atoms with Crippen molar-refractivity contribution in [2.75, 3.05) is 11.6 Å². The number of thioether (sulfide) groups is 1. The SMILES string of the molecule is CC.CCC(=O)Nc1ccc(SC)cc1.CCC(C=O)Oc1ccccc1C.CCCCCCC. The fourth-order valence-corrected chi connectivity index (χ4v) is 3.07. The lowest BCUT2D eigenvalue weighted by molar-refractivity contribution is -0.116. The number of aldehydes is 1. The van der Waals surface area contributed by atoms with E-state index in [9.17, 15) is 9.59 Å². The van der Waals surface area contributed by atoms with Gasteiger partial charge in [0.2, 0.25) is 5.91 Å². The molecule has 1 atom stereocenters. The number of rotatable bonds is 11. The van der Waals surface area contributed by atoms with Gasteiger partial charge < -0.3 is 10.1 Å². The lowest BCUT2D eigenvalue weighted by Crippen LogP contribution is -2.16. The molecular weight excluding hydrogens is 454 g/mol. The van der Waals surface area contributed by atoms with Crippen molar-refractivity contribution in [3.63, 3.8) is 0 Å². The zero-order valence-corrected chi connectivity index (χ0v) is 24.2. The van der Waals surface area contributed by atoms with Gasteiger partial charge in [-0.2, -0.15) is 0 Å². The molecule has 1 unspecified atom stereocenters. The number of para-hydroxylation sites is 1. The van der Waals surface area contributed by atoms with Gasteiger partial charge in [-0.1, -0.05) is 91.8 Å². The maximum Gasteiger partial charge on any atom is 0.224 e. The molecule has 0 fully saturated rings. The molecule has 0 aliphatic carbocycles. The van der Waals surface area contributed by atoms with Crippen molar-refractivity contribution in [1.29, 1.82) is 0 Å². The second kappa shape index (κ2) is 24.8. The van der Waals surface area contributed by atoms with Crippen molar-refractivity contribution in [1.82, 2.24) is 0 Å². The largest absolute Gasteiger partial charge is 0.483 e. The molecule has 1 amide bonds. The number of nitrogens with one attached hydrogen (secondary N) is 1. The van der Waals surface area contributed by atoms with Crippen LogP contribution in [0.2, 0.25) is 0 Å². The average Bonchev–Trinajstić information content (AvgIpc) is 2.91. The van der Waals surface area contributed by atoms with Crippen LogP contribution in [-0.2, 0) is 9.59 Å². The van der Waals surface area contributed by atoms with Crippen molar-refractivity contribution in [2.45, 2.75) is 104 Å². The van der Waals surface area contributed by atoms with Crippen LogP contribution >= 0.6 is 11.8 Å². The number of benzene rings is 2. The Bertz CT molecular complexity index is 758. The van der Waals surface area contributed by atoms with Gasteiger partial charge in [-0.3, -0.25) is 9.59 Å². The van der Waals surface area contributed by atoms with Crippen molar-refractivity contribution < 1.29 is 14.3 Å². The van der Waals surface area contributed by atoms with Crippen LogP contribution in [-0.4, -0.2) is 24.6 Å². The topological polar surface area (TPSA) is 55.4 Å². The van der Waals surface area contributed by atoms with Crippen molar-refractivity contribution in [3.8, 4) is 5.75 Å². The third-order valence-electron chi connectivity index (χ3n) is 4.83. The highest BCUT2D eigenvalue weighted by Crippen LogP contribution is 2.18. The quantitative estimate of drug-likeness (QED) is 0.189. The summed E-state index contributed by atoms with van der Waals surface area (Å²) >= 11 is 1.69. The van der Waals surface area contributed by atoms with Crippen LogP contribution < -0.4 is 10.1 Å². The van der Waals surface area contributed by atoms with Crippen LogP contribution in [0.3, 0.4) is 0 Å². The second-order valence-corrected chi connectivity index (χ2v) is 8.54. The van der Waals surface area contributed by atoms with Gasteiger partial charge in [0.05, 0.1) is 0 Å². The Morgan fingerprint density at radius 3 is 1.94 bits per heavy atom. The van der Waals surface area contributed by atoms with Gasteiger partial charge in [0, 0.05) is 17.0 Å².